The Morgan fingerprint density at radius 2 is 1.72 bits per heavy atom. The molecule has 2 heterocycles. The van der Waals surface area contributed by atoms with Crippen LogP contribution in [0.3, 0.4) is 0 Å². The molecule has 0 aromatic heterocycles. The average Bonchev–Trinajstić information content (AvgIpc) is 2.45. The van der Waals surface area contributed by atoms with Crippen LogP contribution in [0.2, 0.25) is 0 Å². The fourth-order valence-corrected chi connectivity index (χ4v) is 2.42. The maximum atomic E-state index is 5.94. The van der Waals surface area contributed by atoms with Crippen LogP contribution in [-0.4, -0.2) is 31.0 Å². The van der Waals surface area contributed by atoms with E-state index in [-0.39, 0.29) is 18.3 Å². The zero-order chi connectivity index (χ0) is 13.4. The van der Waals surface area contributed by atoms with E-state index in [1.165, 1.54) is 0 Å². The van der Waals surface area contributed by atoms with Gasteiger partial charge in [-0.05, 0) is 53.4 Å². The first-order chi connectivity index (χ1) is 8.30. The van der Waals surface area contributed by atoms with E-state index in [1.807, 2.05) is 0 Å². The van der Waals surface area contributed by atoms with Gasteiger partial charge in [-0.2, -0.15) is 0 Å². The summed E-state index contributed by atoms with van der Waals surface area (Å²) in [6.45, 7) is 11.3. The third-order valence-electron chi connectivity index (χ3n) is 4.34. The van der Waals surface area contributed by atoms with Crippen molar-refractivity contribution in [2.24, 2.45) is 5.92 Å². The lowest BCUT2D eigenvalue weighted by molar-refractivity contribution is 0.00578. The van der Waals surface area contributed by atoms with Crippen molar-refractivity contribution in [2.75, 3.05) is 6.61 Å². The Labute approximate surface area is 111 Å². The minimum absolute atomic E-state index is 0.215. The van der Waals surface area contributed by atoms with Gasteiger partial charge < -0.3 is 14.0 Å². The summed E-state index contributed by atoms with van der Waals surface area (Å²) >= 11 is 0. The summed E-state index contributed by atoms with van der Waals surface area (Å²) < 4.78 is 17.4. The molecule has 2 aliphatic heterocycles. The van der Waals surface area contributed by atoms with Gasteiger partial charge in [-0.1, -0.05) is 12.1 Å². The van der Waals surface area contributed by atoms with Crippen molar-refractivity contribution in [3.63, 3.8) is 0 Å². The SMILES string of the molecule is CC1CC(/C=C/B2OC(C)(C)C(C)(C)O2)CCO1. The molecule has 2 fully saturated rings. The van der Waals surface area contributed by atoms with Gasteiger partial charge in [0.2, 0.25) is 0 Å². The number of ether oxygens (including phenoxy) is 1. The summed E-state index contributed by atoms with van der Waals surface area (Å²) in [5.74, 6) is 2.66. The van der Waals surface area contributed by atoms with Crippen LogP contribution in [0.15, 0.2) is 12.1 Å². The van der Waals surface area contributed by atoms with Gasteiger partial charge in [-0.3, -0.25) is 0 Å². The fourth-order valence-electron chi connectivity index (χ4n) is 2.42. The normalized spacial score (nSPS) is 35.3. The Morgan fingerprint density at radius 3 is 2.28 bits per heavy atom. The molecule has 0 aliphatic carbocycles. The van der Waals surface area contributed by atoms with Crippen molar-refractivity contribution < 1.29 is 14.0 Å². The molecular formula is C14H25BO3. The molecule has 0 amide bonds. The zero-order valence-electron chi connectivity index (χ0n) is 12.2. The minimum Gasteiger partial charge on any atom is -0.400 e. The van der Waals surface area contributed by atoms with Crippen LogP contribution in [0, 0.1) is 5.92 Å². The zero-order valence-corrected chi connectivity index (χ0v) is 12.2. The first-order valence-electron chi connectivity index (χ1n) is 6.96. The van der Waals surface area contributed by atoms with Gasteiger partial charge in [0.1, 0.15) is 0 Å². The second kappa shape index (κ2) is 4.99. The quantitative estimate of drug-likeness (QED) is 0.707. The van der Waals surface area contributed by atoms with Crippen molar-refractivity contribution in [3.8, 4) is 0 Å². The second-order valence-corrected chi connectivity index (χ2v) is 6.48. The molecule has 2 aliphatic rings. The highest BCUT2D eigenvalue weighted by atomic mass is 16.7. The third-order valence-corrected chi connectivity index (χ3v) is 4.34. The van der Waals surface area contributed by atoms with Crippen molar-refractivity contribution >= 4 is 7.12 Å². The lowest BCUT2D eigenvalue weighted by Crippen LogP contribution is -2.41. The molecule has 4 heteroatoms. The number of hydrogen-bond donors (Lipinski definition) is 0. The van der Waals surface area contributed by atoms with Gasteiger partial charge in [0.05, 0.1) is 17.3 Å². The van der Waals surface area contributed by atoms with Crippen molar-refractivity contribution in [3.05, 3.63) is 12.1 Å². The first-order valence-corrected chi connectivity index (χ1v) is 6.96. The first kappa shape index (κ1) is 14.1. The Hall–Kier alpha value is -0.315. The standard InChI is InChI=1S/C14H25BO3/c1-11-10-12(7-9-16-11)6-8-15-17-13(2,3)14(4,5)18-15/h6,8,11-12H,7,9-10H2,1-5H3/b8-6+. The highest BCUT2D eigenvalue weighted by molar-refractivity contribution is 6.51. The third kappa shape index (κ3) is 2.98. The van der Waals surface area contributed by atoms with E-state index < -0.39 is 0 Å². The van der Waals surface area contributed by atoms with E-state index in [0.29, 0.717) is 12.0 Å². The summed E-state index contributed by atoms with van der Waals surface area (Å²) in [5.41, 5.74) is -0.490. The molecule has 0 saturated carbocycles. The molecule has 0 aromatic rings. The topological polar surface area (TPSA) is 27.7 Å². The van der Waals surface area contributed by atoms with Gasteiger partial charge in [-0.15, -0.1) is 0 Å². The summed E-state index contributed by atoms with van der Waals surface area (Å²) in [6, 6.07) is 0. The van der Waals surface area contributed by atoms with E-state index in [9.17, 15) is 0 Å². The maximum absolute atomic E-state index is 5.94. The van der Waals surface area contributed by atoms with Crippen LogP contribution in [0.5, 0.6) is 0 Å². The molecule has 0 N–H and O–H groups in total. The van der Waals surface area contributed by atoms with Crippen LogP contribution in [-0.2, 0) is 14.0 Å². The number of allylic oxidation sites excluding steroid dienone is 1. The molecule has 102 valence electrons. The molecule has 0 aromatic carbocycles. The largest absolute Gasteiger partial charge is 0.486 e. The molecule has 2 unspecified atom stereocenters. The summed E-state index contributed by atoms with van der Waals surface area (Å²) in [7, 11) is -0.215. The molecule has 18 heavy (non-hydrogen) atoms. The Bertz CT molecular complexity index is 309. The van der Waals surface area contributed by atoms with E-state index in [4.69, 9.17) is 14.0 Å². The molecule has 0 radical (unpaired) electrons. The van der Waals surface area contributed by atoms with E-state index >= 15 is 0 Å². The molecule has 3 nitrogen and oxygen atoms in total. The molecule has 2 atom stereocenters. The van der Waals surface area contributed by atoms with Gasteiger partial charge in [0.25, 0.3) is 0 Å². The van der Waals surface area contributed by atoms with Crippen molar-refractivity contribution in [1.29, 1.82) is 0 Å². The van der Waals surface area contributed by atoms with Crippen LogP contribution in [0.4, 0.5) is 0 Å². The van der Waals surface area contributed by atoms with Gasteiger partial charge in [0, 0.05) is 6.61 Å². The monoisotopic (exact) mass is 252 g/mol. The second-order valence-electron chi connectivity index (χ2n) is 6.48. The van der Waals surface area contributed by atoms with Gasteiger partial charge in [-0.25, -0.2) is 0 Å². The maximum Gasteiger partial charge on any atom is 0.486 e. The Morgan fingerprint density at radius 1 is 1.11 bits per heavy atom. The summed E-state index contributed by atoms with van der Waals surface area (Å²) in [5, 5.41) is 0. The number of hydrogen-bond acceptors (Lipinski definition) is 3. The van der Waals surface area contributed by atoms with Crippen molar-refractivity contribution in [1.82, 2.24) is 0 Å². The highest BCUT2D eigenvalue weighted by Crippen LogP contribution is 2.37. The minimum atomic E-state index is -0.245. The average molecular weight is 252 g/mol. The van der Waals surface area contributed by atoms with Crippen LogP contribution < -0.4 is 0 Å². The van der Waals surface area contributed by atoms with Gasteiger partial charge in [0.15, 0.2) is 0 Å². The van der Waals surface area contributed by atoms with E-state index in [1.54, 1.807) is 0 Å². The summed E-state index contributed by atoms with van der Waals surface area (Å²) in [6.07, 6.45) is 4.80. The Kier molecular flexibility index (Phi) is 3.91. The van der Waals surface area contributed by atoms with Crippen molar-refractivity contribution in [2.45, 2.75) is 64.8 Å². The highest BCUT2D eigenvalue weighted by Gasteiger charge is 2.50. The fraction of sp³-hybridized carbons (Fsp3) is 0.857. The smallest absolute Gasteiger partial charge is 0.400 e. The summed E-state index contributed by atoms with van der Waals surface area (Å²) in [4.78, 5) is 0. The molecule has 0 spiro atoms. The van der Waals surface area contributed by atoms with E-state index in [2.05, 4.69) is 46.7 Å². The van der Waals surface area contributed by atoms with Crippen LogP contribution in [0.1, 0.15) is 47.5 Å². The van der Waals surface area contributed by atoms with Crippen LogP contribution in [0.25, 0.3) is 0 Å². The molecule has 2 rings (SSSR count). The lowest BCUT2D eigenvalue weighted by atomic mass is 9.85. The number of rotatable bonds is 2. The lowest BCUT2D eigenvalue weighted by Gasteiger charge is -2.32. The predicted molar refractivity (Wildman–Crippen MR) is 73.4 cm³/mol. The predicted octanol–water partition coefficient (Wildman–Crippen LogP) is 2.99. The molecular weight excluding hydrogens is 227 g/mol. The molecule has 0 bridgehead atoms. The molecule has 2 saturated heterocycles. The van der Waals surface area contributed by atoms with Gasteiger partial charge >= 0.3 is 7.12 Å². The van der Waals surface area contributed by atoms with Crippen LogP contribution >= 0.6 is 0 Å². The van der Waals surface area contributed by atoms with E-state index in [0.717, 1.165) is 19.4 Å². The Balaban J connectivity index is 1.91.